The van der Waals surface area contributed by atoms with Crippen molar-refractivity contribution >= 4 is 17.8 Å². The lowest BCUT2D eigenvalue weighted by Crippen LogP contribution is -2.48. The maximum atomic E-state index is 13.4. The summed E-state index contributed by atoms with van der Waals surface area (Å²) in [6.45, 7) is 7.18. The van der Waals surface area contributed by atoms with E-state index in [1.165, 1.54) is 12.1 Å². The first-order valence-corrected chi connectivity index (χ1v) is 11.6. The van der Waals surface area contributed by atoms with E-state index >= 15 is 0 Å². The first-order chi connectivity index (χ1) is 16.0. The van der Waals surface area contributed by atoms with Crippen molar-refractivity contribution in [2.45, 2.75) is 65.0 Å². The molecule has 1 aliphatic rings. The molecule has 2 aromatic rings. The zero-order chi connectivity index (χ0) is 25.1. The Balaban J connectivity index is 2.17. The summed E-state index contributed by atoms with van der Waals surface area (Å²) in [6.07, 6.45) is 3.24. The van der Waals surface area contributed by atoms with Crippen molar-refractivity contribution in [3.05, 3.63) is 65.2 Å². The third kappa shape index (κ3) is 5.62. The van der Waals surface area contributed by atoms with Crippen molar-refractivity contribution in [2.24, 2.45) is 11.1 Å². The first-order valence-electron chi connectivity index (χ1n) is 11.6. The van der Waals surface area contributed by atoms with E-state index in [4.69, 9.17) is 15.2 Å². The number of carbonyl (C=O) groups is 2. The molecule has 0 aliphatic heterocycles. The van der Waals surface area contributed by atoms with Crippen LogP contribution < -0.4 is 5.73 Å². The second-order valence-electron chi connectivity index (χ2n) is 10.1. The second kappa shape index (κ2) is 10.2. The van der Waals surface area contributed by atoms with Gasteiger partial charge in [0.1, 0.15) is 11.6 Å². The van der Waals surface area contributed by atoms with E-state index < -0.39 is 16.9 Å². The van der Waals surface area contributed by atoms with Gasteiger partial charge in [0.15, 0.2) is 6.29 Å². The van der Waals surface area contributed by atoms with Gasteiger partial charge in [0.05, 0.1) is 22.6 Å². The third-order valence-electron chi connectivity index (χ3n) is 6.49. The monoisotopic (exact) mass is 467 g/mol. The summed E-state index contributed by atoms with van der Waals surface area (Å²) in [5, 5.41) is 0. The highest BCUT2D eigenvalue weighted by Crippen LogP contribution is 2.39. The number of aryl methyl sites for hydroxylation is 1. The van der Waals surface area contributed by atoms with Crippen LogP contribution in [0.15, 0.2) is 48.2 Å². The molecule has 1 saturated carbocycles. The first kappa shape index (κ1) is 25.8. The normalized spacial score (nSPS) is 21.6. The molecule has 0 heterocycles. The van der Waals surface area contributed by atoms with Gasteiger partial charge in [-0.25, -0.2) is 4.39 Å². The average molecular weight is 468 g/mol. The van der Waals surface area contributed by atoms with Gasteiger partial charge >= 0.3 is 5.97 Å². The van der Waals surface area contributed by atoms with Crippen molar-refractivity contribution < 1.29 is 23.5 Å². The summed E-state index contributed by atoms with van der Waals surface area (Å²) in [6, 6.07) is 11.8. The van der Waals surface area contributed by atoms with Crippen LogP contribution in [0.2, 0.25) is 0 Å². The molecule has 1 fully saturated rings. The van der Waals surface area contributed by atoms with Crippen LogP contribution in [0.25, 0.3) is 16.7 Å². The van der Waals surface area contributed by atoms with E-state index in [1.807, 2.05) is 25.1 Å². The molecule has 0 aromatic heterocycles. The van der Waals surface area contributed by atoms with Crippen LogP contribution >= 0.6 is 0 Å². The summed E-state index contributed by atoms with van der Waals surface area (Å²) in [4.78, 5) is 25.5. The Labute approximate surface area is 201 Å². The summed E-state index contributed by atoms with van der Waals surface area (Å²) >= 11 is 0. The number of methoxy groups -OCH3 is 1. The van der Waals surface area contributed by atoms with E-state index in [1.54, 1.807) is 40.0 Å². The summed E-state index contributed by atoms with van der Waals surface area (Å²) in [5.41, 5.74) is 8.45. The lowest BCUT2D eigenvalue weighted by Gasteiger charge is -2.39. The average Bonchev–Trinajstić information content (AvgIpc) is 2.80. The van der Waals surface area contributed by atoms with Crippen LogP contribution in [0.4, 0.5) is 4.39 Å². The molecule has 0 spiro atoms. The fraction of sp³-hybridized carbons (Fsp3) is 0.429. The standard InChI is InChI=1S/C28H34FNO4/c1-18-6-7-20(19-8-10-21(29)11-9-19)16-23(18)24(17-31)25(34-26(32)27(2,3)4)28(30)14-12-22(33-5)13-15-28/h6-11,16-17,22H,12-15,30H2,1-5H3/b25-24-. The quantitative estimate of drug-likeness (QED) is 0.259. The number of aldehydes is 1. The summed E-state index contributed by atoms with van der Waals surface area (Å²) in [7, 11) is 1.67. The summed E-state index contributed by atoms with van der Waals surface area (Å²) in [5.74, 6) is -0.568. The Bertz CT molecular complexity index is 1070. The molecule has 0 amide bonds. The van der Waals surface area contributed by atoms with Gasteiger partial charge in [-0.15, -0.1) is 0 Å². The van der Waals surface area contributed by atoms with Gasteiger partial charge in [0.25, 0.3) is 0 Å². The predicted molar refractivity (Wildman–Crippen MR) is 131 cm³/mol. The molecule has 2 aromatic carbocycles. The molecule has 0 atom stereocenters. The molecule has 5 nitrogen and oxygen atoms in total. The maximum Gasteiger partial charge on any atom is 0.316 e. The lowest BCUT2D eigenvalue weighted by atomic mass is 9.77. The number of allylic oxidation sites excluding steroid dienone is 1. The van der Waals surface area contributed by atoms with Crippen LogP contribution in [0, 0.1) is 18.2 Å². The SMILES string of the molecule is COC1CCC(N)(/C(OC(=O)C(C)(C)C)=C(\C=O)c2cc(-c3ccc(F)cc3)ccc2C)CC1. The molecular weight excluding hydrogens is 433 g/mol. The van der Waals surface area contributed by atoms with Crippen molar-refractivity contribution in [3.63, 3.8) is 0 Å². The molecule has 2 N–H and O–H groups in total. The largest absolute Gasteiger partial charge is 0.428 e. The molecule has 6 heteroatoms. The topological polar surface area (TPSA) is 78.6 Å². The maximum absolute atomic E-state index is 13.4. The smallest absolute Gasteiger partial charge is 0.316 e. The third-order valence-corrected chi connectivity index (χ3v) is 6.49. The van der Waals surface area contributed by atoms with E-state index in [-0.39, 0.29) is 23.3 Å². The lowest BCUT2D eigenvalue weighted by molar-refractivity contribution is -0.149. The highest BCUT2D eigenvalue weighted by atomic mass is 19.1. The Hall–Kier alpha value is -2.83. The Morgan fingerprint density at radius 2 is 1.68 bits per heavy atom. The number of ether oxygens (including phenoxy) is 2. The Morgan fingerprint density at radius 1 is 1.09 bits per heavy atom. The minimum atomic E-state index is -0.982. The Morgan fingerprint density at radius 3 is 2.21 bits per heavy atom. The number of halogens is 1. The van der Waals surface area contributed by atoms with Gasteiger partial charge < -0.3 is 15.2 Å². The predicted octanol–water partition coefficient (Wildman–Crippen LogP) is 5.59. The fourth-order valence-corrected chi connectivity index (χ4v) is 4.21. The number of nitrogens with two attached hydrogens (primary N) is 1. The van der Waals surface area contributed by atoms with Crippen molar-refractivity contribution in [3.8, 4) is 11.1 Å². The van der Waals surface area contributed by atoms with Crippen LogP contribution in [0.3, 0.4) is 0 Å². The highest BCUT2D eigenvalue weighted by Gasteiger charge is 2.41. The molecule has 182 valence electrons. The van der Waals surface area contributed by atoms with Gasteiger partial charge in [-0.1, -0.05) is 24.3 Å². The summed E-state index contributed by atoms with van der Waals surface area (Å²) < 4.78 is 24.9. The van der Waals surface area contributed by atoms with Crippen molar-refractivity contribution in [1.82, 2.24) is 0 Å². The number of carbonyl (C=O) groups excluding carboxylic acids is 2. The van der Waals surface area contributed by atoms with E-state index in [0.29, 0.717) is 31.2 Å². The van der Waals surface area contributed by atoms with Gasteiger partial charge in [-0.05, 0) is 93.8 Å². The van der Waals surface area contributed by atoms with Gasteiger partial charge in [0.2, 0.25) is 0 Å². The van der Waals surface area contributed by atoms with Crippen LogP contribution in [0.5, 0.6) is 0 Å². The number of benzene rings is 2. The minimum absolute atomic E-state index is 0.0828. The molecule has 0 saturated heterocycles. The number of hydrogen-bond donors (Lipinski definition) is 1. The minimum Gasteiger partial charge on any atom is -0.428 e. The van der Waals surface area contributed by atoms with E-state index in [9.17, 15) is 14.0 Å². The van der Waals surface area contributed by atoms with E-state index in [2.05, 4.69) is 0 Å². The highest BCUT2D eigenvalue weighted by molar-refractivity contribution is 6.09. The van der Waals surface area contributed by atoms with Gasteiger partial charge in [0, 0.05) is 7.11 Å². The van der Waals surface area contributed by atoms with Crippen LogP contribution in [0.1, 0.15) is 57.6 Å². The van der Waals surface area contributed by atoms with Gasteiger partial charge in [-0.2, -0.15) is 0 Å². The molecule has 0 bridgehead atoms. The fourth-order valence-electron chi connectivity index (χ4n) is 4.21. The van der Waals surface area contributed by atoms with E-state index in [0.717, 1.165) is 23.0 Å². The number of esters is 1. The molecular formula is C28H34FNO4. The number of hydrogen-bond acceptors (Lipinski definition) is 5. The second-order valence-corrected chi connectivity index (χ2v) is 10.1. The molecule has 34 heavy (non-hydrogen) atoms. The molecule has 1 aliphatic carbocycles. The zero-order valence-corrected chi connectivity index (χ0v) is 20.6. The molecule has 0 radical (unpaired) electrons. The van der Waals surface area contributed by atoms with Crippen molar-refractivity contribution in [1.29, 1.82) is 0 Å². The van der Waals surface area contributed by atoms with Crippen LogP contribution in [-0.4, -0.2) is 31.0 Å². The molecule has 0 unspecified atom stereocenters. The van der Waals surface area contributed by atoms with Gasteiger partial charge in [-0.3, -0.25) is 9.59 Å². The van der Waals surface area contributed by atoms with Crippen molar-refractivity contribution in [2.75, 3.05) is 7.11 Å². The molecule has 3 rings (SSSR count). The Kier molecular flexibility index (Phi) is 7.74. The van der Waals surface area contributed by atoms with Crippen LogP contribution in [-0.2, 0) is 19.1 Å². The number of rotatable bonds is 6. The zero-order valence-electron chi connectivity index (χ0n) is 20.6.